The molecule has 5 nitrogen and oxygen atoms in total. The standard InChI is InChI=1S/C22H33N5S.HI/c1-4-23-22(25-19-12-13-21(15-19)28-3)24-14-8-9-18-16-27(26-17(18)2)20-10-6-5-7-11-20;/h5-7,10-11,16,19,21H,4,8-9,12-15H2,1-3H3,(H2,23,24,25);1H. The smallest absolute Gasteiger partial charge is 0.191 e. The normalized spacial score (nSPS) is 19.1. The van der Waals surface area contributed by atoms with Crippen LogP contribution in [0.1, 0.15) is 43.9 Å². The molecule has 0 spiro atoms. The fraction of sp³-hybridized carbons (Fsp3) is 0.545. The van der Waals surface area contributed by atoms with Crippen LogP contribution in [0, 0.1) is 6.92 Å². The largest absolute Gasteiger partial charge is 0.357 e. The second-order valence-electron chi connectivity index (χ2n) is 7.40. The predicted molar refractivity (Wildman–Crippen MR) is 136 cm³/mol. The first-order valence-corrected chi connectivity index (χ1v) is 11.7. The van der Waals surface area contributed by atoms with Crippen LogP contribution in [0.4, 0.5) is 0 Å². The van der Waals surface area contributed by atoms with Gasteiger partial charge in [0.25, 0.3) is 0 Å². The predicted octanol–water partition coefficient (Wildman–Crippen LogP) is 4.57. The monoisotopic (exact) mass is 527 g/mol. The summed E-state index contributed by atoms with van der Waals surface area (Å²) in [5, 5.41) is 12.5. The first-order valence-electron chi connectivity index (χ1n) is 10.4. The van der Waals surface area contributed by atoms with E-state index in [0.29, 0.717) is 6.04 Å². The van der Waals surface area contributed by atoms with Crippen molar-refractivity contribution < 1.29 is 0 Å². The molecule has 2 N–H and O–H groups in total. The molecule has 0 radical (unpaired) electrons. The van der Waals surface area contributed by atoms with Crippen molar-refractivity contribution in [2.45, 2.75) is 57.2 Å². The molecule has 2 aromatic rings. The minimum Gasteiger partial charge on any atom is -0.357 e. The summed E-state index contributed by atoms with van der Waals surface area (Å²) in [7, 11) is 0. The van der Waals surface area contributed by atoms with E-state index in [1.54, 1.807) is 0 Å². The van der Waals surface area contributed by atoms with Crippen molar-refractivity contribution in [2.75, 3.05) is 19.3 Å². The van der Waals surface area contributed by atoms with Gasteiger partial charge < -0.3 is 10.6 Å². The molecule has 1 aliphatic rings. The maximum atomic E-state index is 4.80. The molecule has 0 amide bonds. The van der Waals surface area contributed by atoms with Gasteiger partial charge in [0.15, 0.2) is 5.96 Å². The van der Waals surface area contributed by atoms with Gasteiger partial charge in [0.2, 0.25) is 0 Å². The second-order valence-corrected chi connectivity index (χ2v) is 8.53. The van der Waals surface area contributed by atoms with Crippen molar-refractivity contribution in [3.05, 3.63) is 47.8 Å². The number of aliphatic imine (C=N–C) groups is 1. The Hall–Kier alpha value is -1.22. The fourth-order valence-electron chi connectivity index (χ4n) is 3.71. The van der Waals surface area contributed by atoms with Gasteiger partial charge in [-0.25, -0.2) is 4.68 Å². The summed E-state index contributed by atoms with van der Waals surface area (Å²) >= 11 is 1.99. The van der Waals surface area contributed by atoms with Gasteiger partial charge >= 0.3 is 0 Å². The van der Waals surface area contributed by atoms with Gasteiger partial charge in [-0.05, 0) is 69.9 Å². The summed E-state index contributed by atoms with van der Waals surface area (Å²) in [6.07, 6.45) is 10.2. The molecule has 0 bridgehead atoms. The molecule has 29 heavy (non-hydrogen) atoms. The van der Waals surface area contributed by atoms with Gasteiger partial charge in [-0.3, -0.25) is 4.99 Å². The van der Waals surface area contributed by atoms with Gasteiger partial charge in [-0.15, -0.1) is 24.0 Å². The topological polar surface area (TPSA) is 54.2 Å². The number of nitrogens with one attached hydrogen (secondary N) is 2. The molecule has 1 heterocycles. The van der Waals surface area contributed by atoms with E-state index >= 15 is 0 Å². The average Bonchev–Trinajstić information content (AvgIpc) is 3.32. The number of para-hydroxylation sites is 1. The lowest BCUT2D eigenvalue weighted by Gasteiger charge is -2.17. The van der Waals surface area contributed by atoms with Crippen molar-refractivity contribution >= 4 is 41.7 Å². The highest BCUT2D eigenvalue weighted by atomic mass is 127. The minimum absolute atomic E-state index is 0. The van der Waals surface area contributed by atoms with Crippen LogP contribution in [0.2, 0.25) is 0 Å². The quantitative estimate of drug-likeness (QED) is 0.229. The zero-order valence-electron chi connectivity index (χ0n) is 17.7. The zero-order chi connectivity index (χ0) is 19.8. The summed E-state index contributed by atoms with van der Waals surface area (Å²) < 4.78 is 1.97. The molecule has 7 heteroatoms. The molecule has 2 atom stereocenters. The minimum atomic E-state index is 0. The number of thioether (sulfide) groups is 1. The molecule has 2 unspecified atom stereocenters. The van der Waals surface area contributed by atoms with E-state index in [2.05, 4.69) is 54.2 Å². The molecule has 1 saturated carbocycles. The first-order chi connectivity index (χ1) is 13.7. The average molecular weight is 528 g/mol. The number of aromatic nitrogens is 2. The Balaban J connectivity index is 0.00000300. The number of hydrogen-bond acceptors (Lipinski definition) is 3. The van der Waals surface area contributed by atoms with Crippen molar-refractivity contribution in [2.24, 2.45) is 4.99 Å². The van der Waals surface area contributed by atoms with Crippen molar-refractivity contribution in [3.63, 3.8) is 0 Å². The number of rotatable bonds is 8. The highest BCUT2D eigenvalue weighted by Gasteiger charge is 2.24. The van der Waals surface area contributed by atoms with E-state index in [9.17, 15) is 0 Å². The Morgan fingerprint density at radius 2 is 2.07 bits per heavy atom. The Morgan fingerprint density at radius 1 is 1.28 bits per heavy atom. The summed E-state index contributed by atoms with van der Waals surface area (Å²) in [6, 6.07) is 10.8. The lowest BCUT2D eigenvalue weighted by molar-refractivity contribution is 0.614. The number of aryl methyl sites for hydroxylation is 2. The third-order valence-electron chi connectivity index (χ3n) is 5.30. The van der Waals surface area contributed by atoms with Crippen LogP contribution in [0.3, 0.4) is 0 Å². The van der Waals surface area contributed by atoms with Gasteiger partial charge in [-0.2, -0.15) is 16.9 Å². The van der Waals surface area contributed by atoms with Crippen LogP contribution in [0.25, 0.3) is 5.69 Å². The molecule has 0 saturated heterocycles. The van der Waals surface area contributed by atoms with Gasteiger partial charge in [0, 0.05) is 30.6 Å². The first kappa shape index (κ1) is 24.1. The summed E-state index contributed by atoms with van der Waals surface area (Å²) in [5.41, 5.74) is 3.51. The van der Waals surface area contributed by atoms with Crippen LogP contribution in [-0.4, -0.2) is 46.4 Å². The molecular formula is C22H34IN5S. The molecule has 0 aliphatic heterocycles. The lowest BCUT2D eigenvalue weighted by Crippen LogP contribution is -2.42. The highest BCUT2D eigenvalue weighted by molar-refractivity contribution is 14.0. The number of nitrogens with zero attached hydrogens (tertiary/aromatic N) is 3. The highest BCUT2D eigenvalue weighted by Crippen LogP contribution is 2.28. The lowest BCUT2D eigenvalue weighted by atomic mass is 10.1. The molecule has 1 fully saturated rings. The van der Waals surface area contributed by atoms with Crippen LogP contribution in [0.5, 0.6) is 0 Å². The third-order valence-corrected chi connectivity index (χ3v) is 6.39. The summed E-state index contributed by atoms with van der Waals surface area (Å²) in [6.45, 7) is 5.93. The van der Waals surface area contributed by atoms with E-state index < -0.39 is 0 Å². The number of halogens is 1. The SMILES string of the molecule is CCNC(=NCCCc1cn(-c2ccccc2)nc1C)NC1CCC(SC)C1.I. The van der Waals surface area contributed by atoms with E-state index in [1.807, 2.05) is 34.6 Å². The zero-order valence-corrected chi connectivity index (χ0v) is 20.9. The third kappa shape index (κ3) is 7.20. The number of guanidine groups is 1. The number of hydrogen-bond donors (Lipinski definition) is 2. The number of benzene rings is 1. The second kappa shape index (κ2) is 12.5. The van der Waals surface area contributed by atoms with Crippen LogP contribution >= 0.6 is 35.7 Å². The Kier molecular flexibility index (Phi) is 10.3. The Bertz CT molecular complexity index is 762. The van der Waals surface area contributed by atoms with Crippen LogP contribution in [0.15, 0.2) is 41.5 Å². The van der Waals surface area contributed by atoms with Crippen LogP contribution < -0.4 is 10.6 Å². The van der Waals surface area contributed by atoms with E-state index in [-0.39, 0.29) is 24.0 Å². The fourth-order valence-corrected chi connectivity index (χ4v) is 4.51. The molecule has 3 rings (SSSR count). The van der Waals surface area contributed by atoms with Crippen molar-refractivity contribution in [3.8, 4) is 5.69 Å². The summed E-state index contributed by atoms with van der Waals surface area (Å²) in [5.74, 6) is 0.964. The molecule has 1 aromatic carbocycles. The molecule has 1 aromatic heterocycles. The molecule has 160 valence electrons. The van der Waals surface area contributed by atoms with E-state index in [1.165, 1.54) is 24.8 Å². The summed E-state index contributed by atoms with van der Waals surface area (Å²) in [4.78, 5) is 4.80. The van der Waals surface area contributed by atoms with Gasteiger partial charge in [-0.1, -0.05) is 18.2 Å². The van der Waals surface area contributed by atoms with E-state index in [0.717, 1.165) is 48.5 Å². The Morgan fingerprint density at radius 3 is 2.76 bits per heavy atom. The van der Waals surface area contributed by atoms with E-state index in [4.69, 9.17) is 4.99 Å². The van der Waals surface area contributed by atoms with Crippen molar-refractivity contribution in [1.82, 2.24) is 20.4 Å². The maximum Gasteiger partial charge on any atom is 0.191 e. The van der Waals surface area contributed by atoms with Gasteiger partial charge in [0.05, 0.1) is 11.4 Å². The van der Waals surface area contributed by atoms with Crippen LogP contribution in [-0.2, 0) is 6.42 Å². The molecule has 1 aliphatic carbocycles. The molecular weight excluding hydrogens is 493 g/mol. The van der Waals surface area contributed by atoms with Crippen molar-refractivity contribution in [1.29, 1.82) is 0 Å². The maximum absolute atomic E-state index is 4.80. The Labute approximate surface area is 196 Å². The van der Waals surface area contributed by atoms with Gasteiger partial charge in [0.1, 0.15) is 0 Å².